The van der Waals surface area contributed by atoms with Crippen molar-refractivity contribution in [3.05, 3.63) is 0 Å². The fourth-order valence-corrected chi connectivity index (χ4v) is 2.54. The zero-order valence-electron chi connectivity index (χ0n) is 11.4. The summed E-state index contributed by atoms with van der Waals surface area (Å²) in [6, 6.07) is 0.137. The van der Waals surface area contributed by atoms with E-state index in [2.05, 4.69) is 6.92 Å². The summed E-state index contributed by atoms with van der Waals surface area (Å²) in [7, 11) is 1.77. The number of rotatable bonds is 3. The fraction of sp³-hybridized carbons (Fsp3) is 0.923. The summed E-state index contributed by atoms with van der Waals surface area (Å²) in [5.41, 5.74) is 5.48. The van der Waals surface area contributed by atoms with Gasteiger partial charge < -0.3 is 15.7 Å². The molecule has 4 heteroatoms. The van der Waals surface area contributed by atoms with E-state index in [-0.39, 0.29) is 24.5 Å². The summed E-state index contributed by atoms with van der Waals surface area (Å²) >= 11 is 0. The average Bonchev–Trinajstić information content (AvgIpc) is 2.25. The van der Waals surface area contributed by atoms with E-state index in [0.29, 0.717) is 5.92 Å². The molecule has 3 unspecified atom stereocenters. The molecular weight excluding hydrogens is 216 g/mol. The molecule has 1 saturated carbocycles. The maximum absolute atomic E-state index is 12.4. The molecule has 17 heavy (non-hydrogen) atoms. The molecular formula is C13H26N2O2. The lowest BCUT2D eigenvalue weighted by molar-refractivity contribution is -0.142. The second-order valence-corrected chi connectivity index (χ2v) is 6.14. The van der Waals surface area contributed by atoms with Gasteiger partial charge in [-0.3, -0.25) is 4.79 Å². The summed E-state index contributed by atoms with van der Waals surface area (Å²) in [4.78, 5) is 14.0. The van der Waals surface area contributed by atoms with Crippen molar-refractivity contribution in [1.82, 2.24) is 4.90 Å². The first-order valence-corrected chi connectivity index (χ1v) is 6.42. The molecule has 0 saturated heterocycles. The van der Waals surface area contributed by atoms with E-state index in [4.69, 9.17) is 5.73 Å². The molecule has 0 aliphatic heterocycles. The van der Waals surface area contributed by atoms with E-state index >= 15 is 0 Å². The van der Waals surface area contributed by atoms with Gasteiger partial charge in [0.05, 0.1) is 12.1 Å². The third kappa shape index (κ3) is 3.42. The molecule has 0 aromatic rings. The van der Waals surface area contributed by atoms with Crippen molar-refractivity contribution >= 4 is 5.91 Å². The van der Waals surface area contributed by atoms with Crippen LogP contribution in [-0.4, -0.2) is 41.1 Å². The predicted molar refractivity (Wildman–Crippen MR) is 68.4 cm³/mol. The van der Waals surface area contributed by atoms with Crippen LogP contribution in [0.5, 0.6) is 0 Å². The van der Waals surface area contributed by atoms with E-state index in [9.17, 15) is 9.90 Å². The number of amides is 1. The number of hydrogen-bond acceptors (Lipinski definition) is 3. The Morgan fingerprint density at radius 1 is 1.41 bits per heavy atom. The first kappa shape index (κ1) is 14.5. The Balaban J connectivity index is 2.69. The van der Waals surface area contributed by atoms with E-state index in [1.807, 2.05) is 13.8 Å². The summed E-state index contributed by atoms with van der Waals surface area (Å²) < 4.78 is 0. The molecule has 0 heterocycles. The molecule has 0 bridgehead atoms. The van der Waals surface area contributed by atoms with Gasteiger partial charge in [-0.15, -0.1) is 0 Å². The Hall–Kier alpha value is -0.610. The van der Waals surface area contributed by atoms with Gasteiger partial charge in [-0.1, -0.05) is 6.92 Å². The highest BCUT2D eigenvalue weighted by Gasteiger charge is 2.35. The highest BCUT2D eigenvalue weighted by molar-refractivity contribution is 5.79. The zero-order valence-corrected chi connectivity index (χ0v) is 11.4. The molecule has 3 N–H and O–H groups in total. The summed E-state index contributed by atoms with van der Waals surface area (Å²) in [5.74, 6) is 0.647. The van der Waals surface area contributed by atoms with Crippen molar-refractivity contribution in [2.75, 3.05) is 13.7 Å². The van der Waals surface area contributed by atoms with Crippen LogP contribution in [0.2, 0.25) is 0 Å². The molecule has 0 radical (unpaired) electrons. The van der Waals surface area contributed by atoms with Gasteiger partial charge in [0, 0.05) is 19.0 Å². The molecule has 0 aromatic carbocycles. The summed E-state index contributed by atoms with van der Waals surface area (Å²) in [6.07, 6.45) is 2.70. The Kier molecular flexibility index (Phi) is 4.55. The topological polar surface area (TPSA) is 66.6 Å². The lowest BCUT2D eigenvalue weighted by Gasteiger charge is -2.39. The normalized spacial score (nSPS) is 30.1. The van der Waals surface area contributed by atoms with E-state index in [1.54, 1.807) is 11.9 Å². The SMILES string of the molecule is CC1CC(N)CC(C(=O)N(C)C(C)(C)CO)C1. The molecule has 4 nitrogen and oxygen atoms in total. The van der Waals surface area contributed by atoms with Crippen LogP contribution >= 0.6 is 0 Å². The second-order valence-electron chi connectivity index (χ2n) is 6.14. The minimum atomic E-state index is -0.498. The third-order valence-electron chi connectivity index (χ3n) is 3.95. The van der Waals surface area contributed by atoms with Crippen LogP contribution < -0.4 is 5.73 Å². The Bertz CT molecular complexity index is 269. The Morgan fingerprint density at radius 2 is 2.00 bits per heavy atom. The summed E-state index contributed by atoms with van der Waals surface area (Å²) in [6.45, 7) is 5.87. The minimum Gasteiger partial charge on any atom is -0.394 e. The maximum atomic E-state index is 12.4. The number of aliphatic hydroxyl groups excluding tert-OH is 1. The van der Waals surface area contributed by atoms with Crippen molar-refractivity contribution in [3.8, 4) is 0 Å². The second kappa shape index (κ2) is 5.36. The molecule has 3 atom stereocenters. The number of nitrogens with zero attached hydrogens (tertiary/aromatic N) is 1. The number of carbonyl (C=O) groups excluding carboxylic acids is 1. The van der Waals surface area contributed by atoms with Crippen LogP contribution in [0, 0.1) is 11.8 Å². The quantitative estimate of drug-likeness (QED) is 0.775. The molecule has 1 aliphatic carbocycles. The van der Waals surface area contributed by atoms with E-state index in [1.165, 1.54) is 0 Å². The Labute approximate surface area is 104 Å². The van der Waals surface area contributed by atoms with Crippen LogP contribution in [0.4, 0.5) is 0 Å². The van der Waals surface area contributed by atoms with E-state index in [0.717, 1.165) is 19.3 Å². The monoisotopic (exact) mass is 242 g/mol. The predicted octanol–water partition coefficient (Wildman–Crippen LogP) is 0.979. The highest BCUT2D eigenvalue weighted by Crippen LogP contribution is 2.30. The van der Waals surface area contributed by atoms with Crippen molar-refractivity contribution in [3.63, 3.8) is 0 Å². The lowest BCUT2D eigenvalue weighted by atomic mass is 9.79. The number of carbonyl (C=O) groups is 1. The van der Waals surface area contributed by atoms with Crippen LogP contribution in [-0.2, 0) is 4.79 Å². The van der Waals surface area contributed by atoms with Gasteiger partial charge in [0.25, 0.3) is 0 Å². The van der Waals surface area contributed by atoms with Gasteiger partial charge in [0.1, 0.15) is 0 Å². The van der Waals surface area contributed by atoms with Crippen molar-refractivity contribution in [1.29, 1.82) is 0 Å². The smallest absolute Gasteiger partial charge is 0.226 e. The number of nitrogens with two attached hydrogens (primary N) is 1. The zero-order chi connectivity index (χ0) is 13.2. The lowest BCUT2D eigenvalue weighted by Crippen LogP contribution is -2.51. The van der Waals surface area contributed by atoms with Crippen molar-refractivity contribution in [2.24, 2.45) is 17.6 Å². The first-order chi connectivity index (χ1) is 7.77. The maximum Gasteiger partial charge on any atom is 0.226 e. The number of hydrogen-bond donors (Lipinski definition) is 2. The first-order valence-electron chi connectivity index (χ1n) is 6.42. The molecule has 1 aliphatic rings. The van der Waals surface area contributed by atoms with Crippen molar-refractivity contribution in [2.45, 2.75) is 51.6 Å². The average molecular weight is 242 g/mol. The molecule has 0 aromatic heterocycles. The van der Waals surface area contributed by atoms with Gasteiger partial charge in [-0.05, 0) is 39.0 Å². The van der Waals surface area contributed by atoms with Crippen LogP contribution in [0.1, 0.15) is 40.0 Å². The van der Waals surface area contributed by atoms with Gasteiger partial charge in [-0.25, -0.2) is 0 Å². The molecule has 0 spiro atoms. The molecule has 1 fully saturated rings. The minimum absolute atomic E-state index is 0.0181. The fourth-order valence-electron chi connectivity index (χ4n) is 2.54. The van der Waals surface area contributed by atoms with Gasteiger partial charge >= 0.3 is 0 Å². The van der Waals surface area contributed by atoms with Crippen LogP contribution in [0.15, 0.2) is 0 Å². The molecule has 1 amide bonds. The standard InChI is InChI=1S/C13H26N2O2/c1-9-5-10(7-11(14)6-9)12(17)15(4)13(2,3)8-16/h9-11,16H,5-8,14H2,1-4H3. The third-order valence-corrected chi connectivity index (χ3v) is 3.95. The van der Waals surface area contributed by atoms with Gasteiger partial charge in [0.15, 0.2) is 0 Å². The summed E-state index contributed by atoms with van der Waals surface area (Å²) in [5, 5.41) is 9.30. The highest BCUT2D eigenvalue weighted by atomic mass is 16.3. The van der Waals surface area contributed by atoms with Crippen LogP contribution in [0.25, 0.3) is 0 Å². The number of aliphatic hydroxyl groups is 1. The molecule has 100 valence electrons. The number of likely N-dealkylation sites (N-methyl/N-ethyl adjacent to an activating group) is 1. The van der Waals surface area contributed by atoms with Crippen molar-refractivity contribution < 1.29 is 9.90 Å². The van der Waals surface area contributed by atoms with Crippen LogP contribution in [0.3, 0.4) is 0 Å². The largest absolute Gasteiger partial charge is 0.394 e. The molecule has 1 rings (SSSR count). The Morgan fingerprint density at radius 3 is 2.47 bits per heavy atom. The van der Waals surface area contributed by atoms with E-state index < -0.39 is 5.54 Å². The van der Waals surface area contributed by atoms with Gasteiger partial charge in [-0.2, -0.15) is 0 Å². The van der Waals surface area contributed by atoms with Gasteiger partial charge in [0.2, 0.25) is 5.91 Å².